The molecule has 1 atom stereocenters. The van der Waals surface area contributed by atoms with E-state index in [1.54, 1.807) is 42.3 Å². The number of carbonyl (C=O) groups excluding carboxylic acids is 2. The van der Waals surface area contributed by atoms with Gasteiger partial charge >= 0.3 is 6.03 Å². The van der Waals surface area contributed by atoms with E-state index in [0.717, 1.165) is 38.1 Å². The highest BCUT2D eigenvalue weighted by Crippen LogP contribution is 2.51. The van der Waals surface area contributed by atoms with E-state index in [0.29, 0.717) is 38.7 Å². The normalized spacial score (nSPS) is 17.7. The molecule has 2 aromatic heterocycles. The summed E-state index contributed by atoms with van der Waals surface area (Å²) in [5, 5.41) is 17.6. The Balaban J connectivity index is 0.000000249. The van der Waals surface area contributed by atoms with Crippen molar-refractivity contribution in [2.75, 3.05) is 49.9 Å². The predicted molar refractivity (Wildman–Crippen MR) is 243 cm³/mol. The minimum atomic E-state index is -0.648. The summed E-state index contributed by atoms with van der Waals surface area (Å²) < 4.78 is 42.7. The van der Waals surface area contributed by atoms with Crippen LogP contribution in [0.2, 0.25) is 0 Å². The molecule has 14 nitrogen and oxygen atoms in total. The quantitative estimate of drug-likeness (QED) is 0.0914. The fourth-order valence-corrected chi connectivity index (χ4v) is 9.87. The summed E-state index contributed by atoms with van der Waals surface area (Å²) in [6, 6.07) is 14.6. The molecule has 2 N–H and O–H groups in total. The van der Waals surface area contributed by atoms with Gasteiger partial charge < -0.3 is 24.5 Å². The molecule has 1 unspecified atom stereocenters. The van der Waals surface area contributed by atoms with E-state index in [1.165, 1.54) is 106 Å². The van der Waals surface area contributed by atoms with E-state index in [-0.39, 0.29) is 41.6 Å². The Labute approximate surface area is 370 Å². The van der Waals surface area contributed by atoms with Crippen LogP contribution < -0.4 is 25.2 Å². The van der Waals surface area contributed by atoms with Crippen LogP contribution in [0.25, 0.3) is 21.8 Å². The van der Waals surface area contributed by atoms with Crippen molar-refractivity contribution in [3.05, 3.63) is 82.4 Å². The van der Waals surface area contributed by atoms with Gasteiger partial charge in [0.15, 0.2) is 17.4 Å². The van der Waals surface area contributed by atoms with Gasteiger partial charge in [0.25, 0.3) is 5.56 Å². The first-order valence-electron chi connectivity index (χ1n) is 21.8. The van der Waals surface area contributed by atoms with Crippen LogP contribution in [0.1, 0.15) is 89.2 Å². The van der Waals surface area contributed by atoms with E-state index in [2.05, 4.69) is 31.1 Å². The summed E-state index contributed by atoms with van der Waals surface area (Å²) in [6.07, 6.45) is 15.0. The zero-order chi connectivity index (χ0) is 44.7. The summed E-state index contributed by atoms with van der Waals surface area (Å²) in [4.78, 5) is 44.9. The number of amides is 2. The molecular weight excluding hydrogens is 827 g/mol. The van der Waals surface area contributed by atoms with Crippen molar-refractivity contribution in [2.24, 2.45) is 12.5 Å². The number of likely N-dealkylation sites (tertiary alicyclic amines) is 1. The summed E-state index contributed by atoms with van der Waals surface area (Å²) in [5.41, 5.74) is 2.00. The first-order chi connectivity index (χ1) is 30.5. The third-order valence-electron chi connectivity index (χ3n) is 13.0. The Bertz CT molecular complexity index is 2530. The molecule has 3 aliphatic rings. The lowest BCUT2D eigenvalue weighted by Crippen LogP contribution is -2.45. The number of nitrogens with one attached hydrogen (secondary N) is 2. The second-order valence-corrected chi connectivity index (χ2v) is 17.8. The van der Waals surface area contributed by atoms with Crippen molar-refractivity contribution in [1.29, 1.82) is 5.26 Å². The monoisotopic (exact) mass is 882 g/mol. The number of hydrogen-bond acceptors (Lipinski definition) is 11. The van der Waals surface area contributed by atoms with E-state index >= 15 is 0 Å². The molecule has 17 heteroatoms. The summed E-state index contributed by atoms with van der Waals surface area (Å²) in [7, 11) is 5.11. The molecular formula is C46H56F2N10O4S. The zero-order valence-corrected chi connectivity index (χ0v) is 37.2. The number of aromatic nitrogens is 4. The van der Waals surface area contributed by atoms with E-state index < -0.39 is 17.7 Å². The molecule has 63 heavy (non-hydrogen) atoms. The Morgan fingerprint density at radius 2 is 1.83 bits per heavy atom. The molecule has 0 bridgehead atoms. The molecule has 3 aromatic carbocycles. The van der Waals surface area contributed by atoms with E-state index in [9.17, 15) is 28.4 Å². The van der Waals surface area contributed by atoms with Crippen LogP contribution in [-0.2, 0) is 11.8 Å². The number of aryl methyl sites for hydroxylation is 1. The molecule has 8 rings (SSSR count). The SMILES string of the molecule is CCN(C)SNc1ccc(F)c(Oc2ccc3ncn(C4CCC5(CCN(C6CCCCC6)CC5)C4)c(=O)c3c2)c1C#N.CNC(=O)N(CCC=O)c1nn(C)c2ccc(F)cc12. The van der Waals surface area contributed by atoms with Crippen LogP contribution in [0.4, 0.5) is 25.1 Å². The molecule has 3 heterocycles. The van der Waals surface area contributed by atoms with Crippen molar-refractivity contribution < 1.29 is 23.1 Å². The van der Waals surface area contributed by atoms with Crippen LogP contribution in [0.15, 0.2) is 59.7 Å². The molecule has 3 fully saturated rings. The van der Waals surface area contributed by atoms with Gasteiger partial charge in [-0.3, -0.25) is 18.9 Å². The summed E-state index contributed by atoms with van der Waals surface area (Å²) in [5.74, 6) is -0.603. The van der Waals surface area contributed by atoms with Gasteiger partial charge in [0.1, 0.15) is 29.5 Å². The fourth-order valence-electron chi connectivity index (χ4n) is 9.32. The Morgan fingerprint density at radius 1 is 1.05 bits per heavy atom. The highest BCUT2D eigenvalue weighted by Gasteiger charge is 2.43. The van der Waals surface area contributed by atoms with Gasteiger partial charge in [-0.1, -0.05) is 26.2 Å². The maximum Gasteiger partial charge on any atom is 0.322 e. The number of fused-ring (bicyclic) bond motifs is 2. The minimum absolute atomic E-state index is 0.0616. The number of nitrogens with zero attached hydrogens (tertiary/aromatic N) is 8. The fraction of sp³-hybridized carbons (Fsp3) is 0.478. The standard InChI is InChI=1S/C33H41FN6O2S.C13H15FN4O2/c1-3-38(2)43-37-30-12-10-28(34)31(27(30)21-35)42-25-9-11-29-26(19-25)32(41)40(22-36-29)24-13-14-33(20-24)15-17-39(18-16-33)23-7-5-4-6-8-23;1-15-13(20)18(6-3-7-19)12-10-8-9(14)4-5-11(10)17(2)16-12/h9-12,19,22-24,37H,3-8,13-18,20H2,1-2H3;4-5,7-8H,3,6H2,1-2H3,(H,15,20). The molecule has 2 aliphatic carbocycles. The molecule has 1 spiro atoms. The lowest BCUT2D eigenvalue weighted by Gasteiger charge is -2.44. The second kappa shape index (κ2) is 20.3. The molecule has 1 saturated heterocycles. The minimum Gasteiger partial charge on any atom is -0.453 e. The van der Waals surface area contributed by atoms with E-state index in [1.807, 2.05) is 22.8 Å². The predicted octanol–water partition coefficient (Wildman–Crippen LogP) is 8.71. The van der Waals surface area contributed by atoms with Crippen LogP contribution in [0, 0.1) is 28.4 Å². The number of carbonyl (C=O) groups is 2. The number of nitriles is 1. The van der Waals surface area contributed by atoms with Crippen LogP contribution in [0.5, 0.6) is 11.5 Å². The number of piperidine rings is 1. The Kier molecular flexibility index (Phi) is 14.6. The number of aldehydes is 1. The lowest BCUT2D eigenvalue weighted by molar-refractivity contribution is -0.107. The number of rotatable bonds is 12. The van der Waals surface area contributed by atoms with Crippen molar-refractivity contribution in [2.45, 2.75) is 89.6 Å². The molecule has 5 aromatic rings. The molecule has 1 aliphatic heterocycles. The largest absolute Gasteiger partial charge is 0.453 e. The number of hydrogen-bond donors (Lipinski definition) is 2. The number of urea groups is 1. The molecule has 2 saturated carbocycles. The third kappa shape index (κ3) is 10.1. The van der Waals surface area contributed by atoms with Gasteiger partial charge in [0.2, 0.25) is 0 Å². The van der Waals surface area contributed by atoms with Crippen molar-refractivity contribution in [3.8, 4) is 17.6 Å². The Hall–Kier alpha value is -5.57. The smallest absolute Gasteiger partial charge is 0.322 e. The number of ether oxygens (including phenoxy) is 1. The van der Waals surface area contributed by atoms with Crippen molar-refractivity contribution in [3.63, 3.8) is 0 Å². The van der Waals surface area contributed by atoms with Crippen molar-refractivity contribution >= 4 is 57.8 Å². The van der Waals surface area contributed by atoms with Gasteiger partial charge in [0.05, 0.1) is 28.4 Å². The van der Waals surface area contributed by atoms with Gasteiger partial charge in [-0.2, -0.15) is 10.4 Å². The maximum absolute atomic E-state index is 14.9. The van der Waals surface area contributed by atoms with Crippen LogP contribution in [-0.4, -0.2) is 87.2 Å². The molecule has 2 amide bonds. The molecule has 334 valence electrons. The summed E-state index contributed by atoms with van der Waals surface area (Å²) >= 11 is 1.31. The van der Waals surface area contributed by atoms with Gasteiger partial charge in [-0.05, 0) is 119 Å². The number of anilines is 2. The van der Waals surface area contributed by atoms with Gasteiger partial charge in [-0.15, -0.1) is 0 Å². The first-order valence-corrected chi connectivity index (χ1v) is 22.6. The zero-order valence-electron chi connectivity index (χ0n) is 36.4. The average molecular weight is 883 g/mol. The maximum atomic E-state index is 14.9. The van der Waals surface area contributed by atoms with Gasteiger partial charge in [0, 0.05) is 63.2 Å². The highest BCUT2D eigenvalue weighted by atomic mass is 32.2. The Morgan fingerprint density at radius 3 is 2.54 bits per heavy atom. The third-order valence-corrected chi connectivity index (χ3v) is 13.8. The average Bonchev–Trinajstić information content (AvgIpc) is 3.86. The summed E-state index contributed by atoms with van der Waals surface area (Å²) in [6.45, 7) is 5.33. The lowest BCUT2D eigenvalue weighted by atomic mass is 9.76. The van der Waals surface area contributed by atoms with Crippen molar-refractivity contribution in [1.82, 2.24) is 33.9 Å². The van der Waals surface area contributed by atoms with E-state index in [4.69, 9.17) is 4.74 Å². The van der Waals surface area contributed by atoms with Crippen LogP contribution >= 0.6 is 12.1 Å². The molecule has 0 radical (unpaired) electrons. The van der Waals surface area contributed by atoms with Crippen LogP contribution in [0.3, 0.4) is 0 Å². The number of halogens is 2. The first kappa shape index (κ1) is 45.5. The second-order valence-electron chi connectivity index (χ2n) is 16.8. The number of benzene rings is 3. The highest BCUT2D eigenvalue weighted by molar-refractivity contribution is 7.98. The van der Waals surface area contributed by atoms with Gasteiger partial charge in [-0.25, -0.2) is 22.9 Å². The topological polar surface area (TPSA) is 154 Å².